The van der Waals surface area contributed by atoms with Gasteiger partial charge in [0, 0.05) is 22.9 Å². The summed E-state index contributed by atoms with van der Waals surface area (Å²) >= 11 is 0. The van der Waals surface area contributed by atoms with Gasteiger partial charge in [-0.1, -0.05) is 12.1 Å². The summed E-state index contributed by atoms with van der Waals surface area (Å²) in [5.41, 5.74) is 6.01. The smallest absolute Gasteiger partial charge is 0.166 e. The molecule has 0 fully saturated rings. The fourth-order valence-corrected chi connectivity index (χ4v) is 1.48. The Morgan fingerprint density at radius 2 is 2.00 bits per heavy atom. The molecule has 0 bridgehead atoms. The Morgan fingerprint density at radius 1 is 1.24 bits per heavy atom. The molecule has 0 saturated carbocycles. The van der Waals surface area contributed by atoms with Crippen molar-refractivity contribution in [1.82, 2.24) is 4.98 Å². The molecule has 0 amide bonds. The van der Waals surface area contributed by atoms with Crippen molar-refractivity contribution in [3.05, 3.63) is 47.7 Å². The van der Waals surface area contributed by atoms with Gasteiger partial charge < -0.3 is 5.73 Å². The first-order chi connectivity index (χ1) is 8.13. The lowest BCUT2D eigenvalue weighted by molar-refractivity contribution is 0.112. The average molecular weight is 234 g/mol. The molecule has 0 aliphatic carbocycles. The zero-order valence-corrected chi connectivity index (χ0v) is 8.65. The SMILES string of the molecule is Nc1ncc(C=O)cc1-c1cccc(F)c1F. The predicted octanol–water partition coefficient (Wildman–Crippen LogP) is 2.42. The van der Waals surface area contributed by atoms with Gasteiger partial charge in [-0.2, -0.15) is 0 Å². The maximum Gasteiger partial charge on any atom is 0.166 e. The third-order valence-corrected chi connectivity index (χ3v) is 2.32. The van der Waals surface area contributed by atoms with Crippen molar-refractivity contribution in [3.8, 4) is 11.1 Å². The van der Waals surface area contributed by atoms with Gasteiger partial charge in [0.1, 0.15) is 5.82 Å². The van der Waals surface area contributed by atoms with E-state index in [1.165, 1.54) is 24.4 Å². The molecule has 1 aromatic carbocycles. The van der Waals surface area contributed by atoms with Crippen LogP contribution in [0.2, 0.25) is 0 Å². The van der Waals surface area contributed by atoms with Crippen LogP contribution in [0.25, 0.3) is 11.1 Å². The van der Waals surface area contributed by atoms with E-state index >= 15 is 0 Å². The van der Waals surface area contributed by atoms with E-state index in [1.54, 1.807) is 0 Å². The van der Waals surface area contributed by atoms with E-state index in [1.807, 2.05) is 0 Å². The van der Waals surface area contributed by atoms with Gasteiger partial charge in [0.2, 0.25) is 0 Å². The highest BCUT2D eigenvalue weighted by molar-refractivity contribution is 5.82. The molecule has 0 unspecified atom stereocenters. The van der Waals surface area contributed by atoms with Crippen LogP contribution in [-0.4, -0.2) is 11.3 Å². The third kappa shape index (κ3) is 1.99. The molecule has 17 heavy (non-hydrogen) atoms. The summed E-state index contributed by atoms with van der Waals surface area (Å²) in [6, 6.07) is 5.11. The van der Waals surface area contributed by atoms with E-state index in [0.29, 0.717) is 6.29 Å². The topological polar surface area (TPSA) is 56.0 Å². The number of nitrogen functional groups attached to an aromatic ring is 1. The molecule has 1 heterocycles. The predicted molar refractivity (Wildman–Crippen MR) is 59.4 cm³/mol. The second kappa shape index (κ2) is 4.29. The molecule has 0 aliphatic rings. The van der Waals surface area contributed by atoms with Crippen molar-refractivity contribution in [2.45, 2.75) is 0 Å². The Labute approximate surface area is 95.9 Å². The molecule has 0 aliphatic heterocycles. The van der Waals surface area contributed by atoms with Crippen LogP contribution < -0.4 is 5.73 Å². The normalized spacial score (nSPS) is 10.2. The maximum absolute atomic E-state index is 13.6. The lowest BCUT2D eigenvalue weighted by atomic mass is 10.0. The highest BCUT2D eigenvalue weighted by atomic mass is 19.2. The first-order valence-corrected chi connectivity index (χ1v) is 4.78. The molecular formula is C12H8F2N2O. The van der Waals surface area contributed by atoms with Gasteiger partial charge in [-0.15, -0.1) is 0 Å². The standard InChI is InChI=1S/C12H8F2N2O/c13-10-3-1-2-8(11(10)14)9-4-7(6-17)5-16-12(9)15/h1-6H,(H2,15,16). The number of anilines is 1. The number of benzene rings is 1. The molecular weight excluding hydrogens is 226 g/mol. The molecule has 3 nitrogen and oxygen atoms in total. The van der Waals surface area contributed by atoms with Crippen LogP contribution in [0.5, 0.6) is 0 Å². The average Bonchev–Trinajstić information content (AvgIpc) is 2.34. The van der Waals surface area contributed by atoms with Crippen LogP contribution in [-0.2, 0) is 0 Å². The van der Waals surface area contributed by atoms with Gasteiger partial charge >= 0.3 is 0 Å². The van der Waals surface area contributed by atoms with E-state index in [9.17, 15) is 13.6 Å². The van der Waals surface area contributed by atoms with Gasteiger partial charge in [0.05, 0.1) is 0 Å². The molecule has 0 atom stereocenters. The minimum absolute atomic E-state index is 0.0151. The van der Waals surface area contributed by atoms with Crippen molar-refractivity contribution in [2.75, 3.05) is 5.73 Å². The fourth-order valence-electron chi connectivity index (χ4n) is 1.48. The van der Waals surface area contributed by atoms with Crippen LogP contribution in [0.1, 0.15) is 10.4 Å². The number of hydrogen-bond donors (Lipinski definition) is 1. The molecule has 5 heteroatoms. The van der Waals surface area contributed by atoms with Crippen LogP contribution >= 0.6 is 0 Å². The van der Waals surface area contributed by atoms with Crippen molar-refractivity contribution in [1.29, 1.82) is 0 Å². The van der Waals surface area contributed by atoms with Gasteiger partial charge in [0.15, 0.2) is 17.9 Å². The first kappa shape index (κ1) is 11.2. The minimum atomic E-state index is -1.01. The number of rotatable bonds is 2. The largest absolute Gasteiger partial charge is 0.383 e. The number of hydrogen-bond acceptors (Lipinski definition) is 3. The van der Waals surface area contributed by atoms with E-state index in [4.69, 9.17) is 5.73 Å². The molecule has 0 saturated heterocycles. The van der Waals surface area contributed by atoms with Crippen molar-refractivity contribution in [3.63, 3.8) is 0 Å². The molecule has 2 rings (SSSR count). The second-order valence-electron chi connectivity index (χ2n) is 3.42. The number of nitrogens with zero attached hydrogens (tertiary/aromatic N) is 1. The van der Waals surface area contributed by atoms with Crippen LogP contribution in [0, 0.1) is 11.6 Å². The Balaban J connectivity index is 2.67. The molecule has 0 radical (unpaired) electrons. The first-order valence-electron chi connectivity index (χ1n) is 4.78. The summed E-state index contributed by atoms with van der Waals surface area (Å²) < 4.78 is 26.6. The lowest BCUT2D eigenvalue weighted by Gasteiger charge is -2.07. The number of nitrogens with two attached hydrogens (primary N) is 1. The Hall–Kier alpha value is -2.30. The van der Waals surface area contributed by atoms with E-state index < -0.39 is 11.6 Å². The highest BCUT2D eigenvalue weighted by Crippen LogP contribution is 2.28. The quantitative estimate of drug-likeness (QED) is 0.812. The Morgan fingerprint density at radius 3 is 2.71 bits per heavy atom. The third-order valence-electron chi connectivity index (χ3n) is 2.32. The zero-order valence-electron chi connectivity index (χ0n) is 8.65. The molecule has 0 spiro atoms. The molecule has 1 aromatic heterocycles. The van der Waals surface area contributed by atoms with E-state index in [2.05, 4.69) is 4.98 Å². The highest BCUT2D eigenvalue weighted by Gasteiger charge is 2.13. The Bertz CT molecular complexity index is 585. The summed E-state index contributed by atoms with van der Waals surface area (Å²) in [5, 5.41) is 0. The van der Waals surface area contributed by atoms with Gasteiger partial charge in [0.25, 0.3) is 0 Å². The van der Waals surface area contributed by atoms with Crippen LogP contribution in [0.3, 0.4) is 0 Å². The summed E-state index contributed by atoms with van der Waals surface area (Å²) in [5.74, 6) is -1.94. The van der Waals surface area contributed by atoms with Gasteiger partial charge in [-0.3, -0.25) is 4.79 Å². The summed E-state index contributed by atoms with van der Waals surface area (Å²) in [4.78, 5) is 14.4. The van der Waals surface area contributed by atoms with Crippen LogP contribution in [0.15, 0.2) is 30.5 Å². The summed E-state index contributed by atoms with van der Waals surface area (Å²) in [6.07, 6.45) is 1.83. The van der Waals surface area contributed by atoms with Crippen molar-refractivity contribution in [2.24, 2.45) is 0 Å². The fraction of sp³-hybridized carbons (Fsp3) is 0. The molecule has 86 valence electrons. The number of carbonyl (C=O) groups is 1. The second-order valence-corrected chi connectivity index (χ2v) is 3.42. The van der Waals surface area contributed by atoms with Crippen LogP contribution in [0.4, 0.5) is 14.6 Å². The number of halogens is 2. The Kier molecular flexibility index (Phi) is 2.82. The number of carbonyl (C=O) groups excluding carboxylic acids is 1. The van der Waals surface area contributed by atoms with Gasteiger partial charge in [-0.05, 0) is 12.1 Å². The summed E-state index contributed by atoms with van der Waals surface area (Å²) in [7, 11) is 0. The summed E-state index contributed by atoms with van der Waals surface area (Å²) in [6.45, 7) is 0. The molecule has 2 aromatic rings. The van der Waals surface area contributed by atoms with Gasteiger partial charge in [-0.25, -0.2) is 13.8 Å². The lowest BCUT2D eigenvalue weighted by Crippen LogP contribution is -1.98. The van der Waals surface area contributed by atoms with Crippen molar-refractivity contribution < 1.29 is 13.6 Å². The number of pyridine rings is 1. The monoisotopic (exact) mass is 234 g/mol. The number of aldehydes is 1. The maximum atomic E-state index is 13.6. The molecule has 2 N–H and O–H groups in total. The zero-order chi connectivity index (χ0) is 12.4. The van der Waals surface area contributed by atoms with E-state index in [0.717, 1.165) is 6.07 Å². The van der Waals surface area contributed by atoms with Crippen molar-refractivity contribution >= 4 is 12.1 Å². The van der Waals surface area contributed by atoms with E-state index in [-0.39, 0.29) is 22.5 Å². The minimum Gasteiger partial charge on any atom is -0.383 e. The number of aromatic nitrogens is 1.